The largest absolute Gasteiger partial charge is 0.465 e. The van der Waals surface area contributed by atoms with Crippen LogP contribution < -0.4 is 5.32 Å². The molecule has 1 N–H and O–H groups in total. The summed E-state index contributed by atoms with van der Waals surface area (Å²) in [5.41, 5.74) is 2.82. The first-order valence-corrected chi connectivity index (χ1v) is 14.2. The molecule has 5 rings (SSSR count). The van der Waals surface area contributed by atoms with Gasteiger partial charge >= 0.3 is 12.0 Å². The Morgan fingerprint density at radius 1 is 1.07 bits per heavy atom. The number of benzene rings is 2. The Bertz CT molecular complexity index is 1270. The van der Waals surface area contributed by atoms with Crippen LogP contribution in [0.25, 0.3) is 0 Å². The van der Waals surface area contributed by atoms with Gasteiger partial charge in [0.25, 0.3) is 5.91 Å². The number of esters is 1. The number of nitrogens with one attached hydrogen (secondary N) is 1. The molecule has 8 nitrogen and oxygen atoms in total. The first-order valence-electron chi connectivity index (χ1n) is 13.5. The molecule has 0 radical (unpaired) electrons. The molecule has 3 aliphatic heterocycles. The molecular weight excluding hydrogens is 575 g/mol. The number of halogens is 3. The van der Waals surface area contributed by atoms with Crippen LogP contribution in [0.5, 0.6) is 0 Å². The van der Waals surface area contributed by atoms with Gasteiger partial charge < -0.3 is 24.8 Å². The summed E-state index contributed by atoms with van der Waals surface area (Å²) in [7, 11) is 3.16. The highest BCUT2D eigenvalue weighted by Crippen LogP contribution is 2.45. The Kier molecular flexibility index (Phi) is 9.88. The lowest BCUT2D eigenvalue weighted by Crippen LogP contribution is -2.54. The molecule has 40 heavy (non-hydrogen) atoms. The second-order valence-corrected chi connectivity index (χ2v) is 11.4. The number of amides is 3. The van der Waals surface area contributed by atoms with Gasteiger partial charge in [0.05, 0.1) is 28.8 Å². The summed E-state index contributed by atoms with van der Waals surface area (Å²) in [6.45, 7) is 4.22. The van der Waals surface area contributed by atoms with Crippen LogP contribution in [-0.2, 0) is 4.74 Å². The zero-order chi connectivity index (χ0) is 27.7. The van der Waals surface area contributed by atoms with Gasteiger partial charge in [-0.1, -0.05) is 29.3 Å². The number of methoxy groups -OCH3 is 1. The number of likely N-dealkylation sites (tertiary alicyclic amines) is 1. The number of hydrogen-bond donors (Lipinski definition) is 1. The fraction of sp³-hybridized carbons (Fsp3) is 0.483. The molecule has 2 atom stereocenters. The van der Waals surface area contributed by atoms with Crippen molar-refractivity contribution in [3.63, 3.8) is 0 Å². The zero-order valence-electron chi connectivity index (χ0n) is 22.7. The maximum Gasteiger partial charge on any atom is 0.337 e. The third kappa shape index (κ3) is 6.05. The summed E-state index contributed by atoms with van der Waals surface area (Å²) in [6.07, 6.45) is 3.65. The third-order valence-corrected chi connectivity index (χ3v) is 9.12. The quantitative estimate of drug-likeness (QED) is 0.426. The maximum absolute atomic E-state index is 13.2. The van der Waals surface area contributed by atoms with E-state index < -0.39 is 5.97 Å². The molecule has 3 amide bonds. The van der Waals surface area contributed by atoms with Crippen molar-refractivity contribution in [3.8, 4) is 0 Å². The molecule has 2 saturated heterocycles. The Morgan fingerprint density at radius 2 is 1.82 bits per heavy atom. The lowest BCUT2D eigenvalue weighted by Gasteiger charge is -2.40. The smallest absolute Gasteiger partial charge is 0.337 e. The lowest BCUT2D eigenvalue weighted by atomic mass is 9.83. The van der Waals surface area contributed by atoms with Crippen molar-refractivity contribution < 1.29 is 19.1 Å². The van der Waals surface area contributed by atoms with Crippen molar-refractivity contribution in [2.75, 3.05) is 46.9 Å². The van der Waals surface area contributed by atoms with Crippen LogP contribution in [0, 0.1) is 0 Å². The van der Waals surface area contributed by atoms with Crippen molar-refractivity contribution in [3.05, 3.63) is 68.7 Å². The van der Waals surface area contributed by atoms with E-state index in [1.807, 2.05) is 24.1 Å². The van der Waals surface area contributed by atoms with E-state index in [1.165, 1.54) is 7.11 Å². The van der Waals surface area contributed by atoms with Gasteiger partial charge in [-0.2, -0.15) is 0 Å². The minimum Gasteiger partial charge on any atom is -0.465 e. The minimum atomic E-state index is -0.435. The Morgan fingerprint density at radius 3 is 2.50 bits per heavy atom. The summed E-state index contributed by atoms with van der Waals surface area (Å²) >= 11 is 12.7. The summed E-state index contributed by atoms with van der Waals surface area (Å²) in [4.78, 5) is 44.1. The molecular formula is C29H35Cl3N4O4. The van der Waals surface area contributed by atoms with E-state index in [0.717, 1.165) is 69.5 Å². The summed E-state index contributed by atoms with van der Waals surface area (Å²) in [6, 6.07) is 10.8. The Hall–Kier alpha value is -2.52. The van der Waals surface area contributed by atoms with Gasteiger partial charge in [-0.3, -0.25) is 4.79 Å². The van der Waals surface area contributed by atoms with Crippen LogP contribution in [-0.4, -0.2) is 85.5 Å². The van der Waals surface area contributed by atoms with Crippen LogP contribution in [0.4, 0.5) is 4.79 Å². The number of carbonyl (C=O) groups is 3. The van der Waals surface area contributed by atoms with E-state index >= 15 is 0 Å². The molecule has 2 aromatic rings. The second-order valence-electron chi connectivity index (χ2n) is 10.6. The number of ether oxygens (including phenoxy) is 1. The molecule has 3 aliphatic rings. The number of likely N-dealkylation sites (N-methyl/N-ethyl adjacent to an activating group) is 1. The number of nitrogens with zero attached hydrogens (tertiary/aromatic N) is 3. The predicted octanol–water partition coefficient (Wildman–Crippen LogP) is 5.38. The molecule has 0 spiro atoms. The first kappa shape index (κ1) is 30.4. The summed E-state index contributed by atoms with van der Waals surface area (Å²) in [5, 5.41) is 3.91. The molecule has 3 heterocycles. The minimum absolute atomic E-state index is 0. The van der Waals surface area contributed by atoms with E-state index in [9.17, 15) is 14.4 Å². The number of rotatable bonds is 7. The SMILES string of the molecule is COC(=O)c1ccc2c(c1)C(C(CCN1CCC(N3CCCNC3=O)CC1)c1ccc(Cl)c(Cl)c1)N(C)C2=O.Cl. The van der Waals surface area contributed by atoms with Crippen LogP contribution in [0.2, 0.25) is 10.0 Å². The van der Waals surface area contributed by atoms with Gasteiger partial charge in [-0.15, -0.1) is 12.4 Å². The van der Waals surface area contributed by atoms with Gasteiger partial charge in [0, 0.05) is 50.7 Å². The van der Waals surface area contributed by atoms with Crippen molar-refractivity contribution in [2.45, 2.75) is 43.7 Å². The highest BCUT2D eigenvalue weighted by atomic mass is 35.5. The monoisotopic (exact) mass is 608 g/mol. The van der Waals surface area contributed by atoms with Crippen molar-refractivity contribution in [2.24, 2.45) is 0 Å². The van der Waals surface area contributed by atoms with Crippen LogP contribution in [0.15, 0.2) is 36.4 Å². The second kappa shape index (κ2) is 13.0. The standard InChI is InChI=1S/C29H34Cl2N4O4.ClH/c1-33-26(23-16-19(28(37)39-2)4-6-22(23)27(33)36)21(18-5-7-24(30)25(31)17-18)10-15-34-13-8-20(9-14-34)35-12-3-11-32-29(35)38;/h4-7,16-17,20-21,26H,3,8-15H2,1-2H3,(H,32,38);1H. The van der Waals surface area contributed by atoms with E-state index in [1.54, 1.807) is 29.2 Å². The molecule has 2 aromatic carbocycles. The van der Waals surface area contributed by atoms with E-state index in [4.69, 9.17) is 27.9 Å². The molecule has 216 valence electrons. The first-order chi connectivity index (χ1) is 18.8. The molecule has 0 saturated carbocycles. The van der Waals surface area contributed by atoms with E-state index in [0.29, 0.717) is 21.2 Å². The normalized spacial score (nSPS) is 20.6. The van der Waals surface area contributed by atoms with Gasteiger partial charge in [-0.25, -0.2) is 9.59 Å². The summed E-state index contributed by atoms with van der Waals surface area (Å²) in [5.74, 6) is -0.583. The lowest BCUT2D eigenvalue weighted by molar-refractivity contribution is 0.0600. The topological polar surface area (TPSA) is 82.2 Å². The Labute approximate surface area is 251 Å². The molecule has 2 unspecified atom stereocenters. The number of hydrogen-bond acceptors (Lipinski definition) is 5. The average molecular weight is 610 g/mol. The van der Waals surface area contributed by atoms with Gasteiger partial charge in [0.1, 0.15) is 0 Å². The number of fused-ring (bicyclic) bond motifs is 1. The summed E-state index contributed by atoms with van der Waals surface area (Å²) < 4.78 is 4.94. The van der Waals surface area contributed by atoms with Crippen molar-refractivity contribution in [1.82, 2.24) is 20.0 Å². The van der Waals surface area contributed by atoms with Crippen molar-refractivity contribution >= 4 is 53.5 Å². The number of carbonyl (C=O) groups excluding carboxylic acids is 3. The highest BCUT2D eigenvalue weighted by molar-refractivity contribution is 6.42. The molecule has 11 heteroatoms. The zero-order valence-corrected chi connectivity index (χ0v) is 25.0. The molecule has 0 aliphatic carbocycles. The predicted molar refractivity (Wildman–Crippen MR) is 158 cm³/mol. The van der Waals surface area contributed by atoms with Gasteiger partial charge in [0.15, 0.2) is 0 Å². The van der Waals surface area contributed by atoms with Gasteiger partial charge in [-0.05, 0) is 73.7 Å². The maximum atomic E-state index is 13.2. The average Bonchev–Trinajstić information content (AvgIpc) is 3.20. The van der Waals surface area contributed by atoms with Gasteiger partial charge in [0.2, 0.25) is 0 Å². The van der Waals surface area contributed by atoms with Crippen LogP contribution in [0.3, 0.4) is 0 Å². The third-order valence-electron chi connectivity index (χ3n) is 8.38. The number of urea groups is 1. The highest BCUT2D eigenvalue weighted by Gasteiger charge is 2.40. The Balaban J connectivity index is 0.00000370. The fourth-order valence-corrected chi connectivity index (χ4v) is 6.59. The molecule has 0 bridgehead atoms. The van der Waals surface area contributed by atoms with Crippen LogP contribution >= 0.6 is 35.6 Å². The van der Waals surface area contributed by atoms with E-state index in [-0.39, 0.29) is 42.3 Å². The van der Waals surface area contributed by atoms with E-state index in [2.05, 4.69) is 10.2 Å². The number of piperidine rings is 1. The fourth-order valence-electron chi connectivity index (χ4n) is 6.28. The molecule has 2 fully saturated rings. The van der Waals surface area contributed by atoms with Crippen LogP contribution in [0.1, 0.15) is 69.5 Å². The van der Waals surface area contributed by atoms with Crippen molar-refractivity contribution in [1.29, 1.82) is 0 Å². The molecule has 0 aromatic heterocycles.